The molecule has 2 aromatic rings. The van der Waals surface area contributed by atoms with Gasteiger partial charge in [0.1, 0.15) is 5.75 Å². The van der Waals surface area contributed by atoms with Crippen LogP contribution in [0, 0.1) is 0 Å². The van der Waals surface area contributed by atoms with Crippen LogP contribution >= 0.6 is 15.9 Å². The summed E-state index contributed by atoms with van der Waals surface area (Å²) in [5.41, 5.74) is 1.37. The average Bonchev–Trinajstić information content (AvgIpc) is 2.36. The zero-order valence-corrected chi connectivity index (χ0v) is 11.2. The molecule has 0 N–H and O–H groups in total. The maximum atomic E-state index is 5.68. The van der Waals surface area contributed by atoms with Crippen LogP contribution in [0.5, 0.6) is 5.75 Å². The molecule has 0 spiro atoms. The van der Waals surface area contributed by atoms with Gasteiger partial charge < -0.3 is 4.74 Å². The van der Waals surface area contributed by atoms with E-state index in [0.717, 1.165) is 29.7 Å². The van der Waals surface area contributed by atoms with Gasteiger partial charge in [-0.15, -0.1) is 0 Å². The first-order valence-electron chi connectivity index (χ1n) is 5.77. The van der Waals surface area contributed by atoms with Crippen LogP contribution in [0.2, 0.25) is 0 Å². The summed E-state index contributed by atoms with van der Waals surface area (Å²) in [4.78, 5) is 0. The fraction of sp³-hybridized carbons (Fsp3) is 0.200. The number of rotatable bonds is 5. The average molecular weight is 291 g/mol. The largest absolute Gasteiger partial charge is 0.494 e. The second kappa shape index (κ2) is 6.45. The number of hydrogen-bond acceptors (Lipinski definition) is 1. The predicted molar refractivity (Wildman–Crippen MR) is 74.4 cm³/mol. The Bertz CT molecular complexity index is 453. The number of aryl methyl sites for hydroxylation is 1. The van der Waals surface area contributed by atoms with Gasteiger partial charge in [-0.05, 0) is 36.6 Å². The summed E-state index contributed by atoms with van der Waals surface area (Å²) in [5, 5.41) is 0. The maximum absolute atomic E-state index is 5.68. The summed E-state index contributed by atoms with van der Waals surface area (Å²) in [7, 11) is 0. The van der Waals surface area contributed by atoms with Crippen molar-refractivity contribution in [2.24, 2.45) is 0 Å². The highest BCUT2D eigenvalue weighted by Gasteiger charge is 1.95. The molecule has 0 aromatic heterocycles. The molecule has 0 unspecified atom stereocenters. The molecule has 0 heterocycles. The van der Waals surface area contributed by atoms with Crippen LogP contribution in [-0.4, -0.2) is 6.61 Å². The van der Waals surface area contributed by atoms with Gasteiger partial charge in [-0.25, -0.2) is 0 Å². The fourth-order valence-corrected chi connectivity index (χ4v) is 2.05. The molecule has 0 bridgehead atoms. The Morgan fingerprint density at radius 1 is 0.941 bits per heavy atom. The first-order valence-corrected chi connectivity index (χ1v) is 6.56. The summed E-state index contributed by atoms with van der Waals surface area (Å²) in [6.45, 7) is 0.755. The van der Waals surface area contributed by atoms with E-state index in [1.165, 1.54) is 5.56 Å². The lowest BCUT2D eigenvalue weighted by Gasteiger charge is -2.06. The number of hydrogen-bond donors (Lipinski definition) is 0. The molecule has 0 atom stereocenters. The molecule has 1 nitrogen and oxygen atoms in total. The maximum Gasteiger partial charge on any atom is 0.120 e. The van der Waals surface area contributed by atoms with Crippen molar-refractivity contribution in [3.8, 4) is 5.75 Å². The van der Waals surface area contributed by atoms with E-state index in [1.807, 2.05) is 30.3 Å². The van der Waals surface area contributed by atoms with Crippen LogP contribution in [0.4, 0.5) is 0 Å². The van der Waals surface area contributed by atoms with Crippen LogP contribution in [0.1, 0.15) is 12.0 Å². The van der Waals surface area contributed by atoms with Crippen molar-refractivity contribution < 1.29 is 4.74 Å². The highest BCUT2D eigenvalue weighted by atomic mass is 79.9. The van der Waals surface area contributed by atoms with E-state index < -0.39 is 0 Å². The number of benzene rings is 2. The quantitative estimate of drug-likeness (QED) is 0.739. The summed E-state index contributed by atoms with van der Waals surface area (Å²) in [5.74, 6) is 0.924. The van der Waals surface area contributed by atoms with Gasteiger partial charge in [0.25, 0.3) is 0 Å². The lowest BCUT2D eigenvalue weighted by molar-refractivity contribution is 0.311. The highest BCUT2D eigenvalue weighted by Crippen LogP contribution is 2.17. The summed E-state index contributed by atoms with van der Waals surface area (Å²) in [6, 6.07) is 18.4. The lowest BCUT2D eigenvalue weighted by atomic mass is 10.1. The third kappa shape index (κ3) is 4.23. The predicted octanol–water partition coefficient (Wildman–Crippen LogP) is 4.46. The van der Waals surface area contributed by atoms with Crippen LogP contribution in [0.15, 0.2) is 59.1 Å². The minimum Gasteiger partial charge on any atom is -0.494 e. The standard InChI is InChI=1S/C15H15BrO/c16-14-9-4-10-15(12-14)17-11-5-8-13-6-2-1-3-7-13/h1-4,6-7,9-10,12H,5,8,11H2. The Kier molecular flexibility index (Phi) is 4.63. The van der Waals surface area contributed by atoms with Crippen molar-refractivity contribution in [2.45, 2.75) is 12.8 Å². The van der Waals surface area contributed by atoms with Crippen LogP contribution in [0.3, 0.4) is 0 Å². The monoisotopic (exact) mass is 290 g/mol. The summed E-state index contributed by atoms with van der Waals surface area (Å²) < 4.78 is 6.73. The van der Waals surface area contributed by atoms with E-state index in [2.05, 4.69) is 40.2 Å². The molecule has 0 amide bonds. The molecule has 0 aliphatic heterocycles. The number of halogens is 1. The Morgan fingerprint density at radius 3 is 2.53 bits per heavy atom. The molecule has 2 rings (SSSR count). The van der Waals surface area contributed by atoms with E-state index in [4.69, 9.17) is 4.74 Å². The topological polar surface area (TPSA) is 9.23 Å². The summed E-state index contributed by atoms with van der Waals surface area (Å²) >= 11 is 3.43. The molecule has 0 saturated heterocycles. The van der Waals surface area contributed by atoms with Gasteiger partial charge >= 0.3 is 0 Å². The van der Waals surface area contributed by atoms with Crippen LogP contribution in [-0.2, 0) is 6.42 Å². The first-order chi connectivity index (χ1) is 8.34. The normalized spacial score (nSPS) is 10.2. The van der Waals surface area contributed by atoms with Crippen LogP contribution in [0.25, 0.3) is 0 Å². The van der Waals surface area contributed by atoms with Crippen molar-refractivity contribution in [2.75, 3.05) is 6.61 Å². The van der Waals surface area contributed by atoms with Crippen molar-refractivity contribution in [3.05, 3.63) is 64.6 Å². The molecule has 0 saturated carbocycles. The molecule has 0 radical (unpaired) electrons. The molecule has 0 aliphatic carbocycles. The minimum absolute atomic E-state index is 0.755. The van der Waals surface area contributed by atoms with Gasteiger partial charge in [-0.2, -0.15) is 0 Å². The lowest BCUT2D eigenvalue weighted by Crippen LogP contribution is -1.99. The number of ether oxygens (including phenoxy) is 1. The Morgan fingerprint density at radius 2 is 1.76 bits per heavy atom. The fourth-order valence-electron chi connectivity index (χ4n) is 1.67. The molecule has 2 aromatic carbocycles. The summed E-state index contributed by atoms with van der Waals surface area (Å²) in [6.07, 6.45) is 2.10. The second-order valence-corrected chi connectivity index (χ2v) is 4.81. The first kappa shape index (κ1) is 12.2. The van der Waals surface area contributed by atoms with E-state index >= 15 is 0 Å². The van der Waals surface area contributed by atoms with Gasteiger partial charge in [-0.3, -0.25) is 0 Å². The third-order valence-electron chi connectivity index (χ3n) is 2.52. The van der Waals surface area contributed by atoms with Crippen molar-refractivity contribution >= 4 is 15.9 Å². The van der Waals surface area contributed by atoms with E-state index in [-0.39, 0.29) is 0 Å². The SMILES string of the molecule is Brc1cccc(OCCCc2ccccc2)c1. The highest BCUT2D eigenvalue weighted by molar-refractivity contribution is 9.10. The Labute approximate surface area is 111 Å². The molecular weight excluding hydrogens is 276 g/mol. The third-order valence-corrected chi connectivity index (χ3v) is 3.01. The minimum atomic E-state index is 0.755. The van der Waals surface area contributed by atoms with Gasteiger partial charge in [-0.1, -0.05) is 52.3 Å². The molecule has 88 valence electrons. The van der Waals surface area contributed by atoms with Crippen LogP contribution < -0.4 is 4.74 Å². The van der Waals surface area contributed by atoms with Gasteiger partial charge in [0, 0.05) is 4.47 Å². The van der Waals surface area contributed by atoms with Crippen molar-refractivity contribution in [1.29, 1.82) is 0 Å². The molecule has 2 heteroatoms. The molecule has 17 heavy (non-hydrogen) atoms. The smallest absolute Gasteiger partial charge is 0.120 e. The molecule has 0 fully saturated rings. The molecular formula is C15H15BrO. The van der Waals surface area contributed by atoms with E-state index in [9.17, 15) is 0 Å². The molecule has 0 aliphatic rings. The van der Waals surface area contributed by atoms with Crippen molar-refractivity contribution in [1.82, 2.24) is 0 Å². The van der Waals surface area contributed by atoms with Gasteiger partial charge in [0.2, 0.25) is 0 Å². The van der Waals surface area contributed by atoms with E-state index in [1.54, 1.807) is 0 Å². The van der Waals surface area contributed by atoms with Gasteiger partial charge in [0.05, 0.1) is 6.61 Å². The van der Waals surface area contributed by atoms with Crippen molar-refractivity contribution in [3.63, 3.8) is 0 Å². The Balaban J connectivity index is 1.73. The second-order valence-electron chi connectivity index (χ2n) is 3.89. The van der Waals surface area contributed by atoms with Gasteiger partial charge in [0.15, 0.2) is 0 Å². The zero-order chi connectivity index (χ0) is 11.9. The zero-order valence-electron chi connectivity index (χ0n) is 9.60. The Hall–Kier alpha value is -1.28. The van der Waals surface area contributed by atoms with E-state index in [0.29, 0.717) is 0 Å².